The molecular weight excluding hydrogens is 330 g/mol. The zero-order valence-electron chi connectivity index (χ0n) is 14.0. The number of methoxy groups -OCH3 is 1. The van der Waals surface area contributed by atoms with E-state index in [0.29, 0.717) is 34.1 Å². The number of carbonyl (C=O) groups excluding carboxylic acids is 1. The number of hydrogen-bond donors (Lipinski definition) is 1. The van der Waals surface area contributed by atoms with E-state index in [1.54, 1.807) is 42.6 Å². The number of amides is 1. The second-order valence-electron chi connectivity index (χ2n) is 5.58. The van der Waals surface area contributed by atoms with E-state index < -0.39 is 0 Å². The minimum absolute atomic E-state index is 0.235. The lowest BCUT2D eigenvalue weighted by Crippen LogP contribution is -2.12. The number of hydrogen-bond acceptors (Lipinski definition) is 5. The molecule has 26 heavy (non-hydrogen) atoms. The Hall–Kier alpha value is -3.67. The SMILES string of the molecule is COc1ccccc1C(=O)Nc1ccc(-c2nc3ncccc3o2)cc1. The summed E-state index contributed by atoms with van der Waals surface area (Å²) in [4.78, 5) is 21.0. The monoisotopic (exact) mass is 345 g/mol. The van der Waals surface area contributed by atoms with E-state index >= 15 is 0 Å². The lowest BCUT2D eigenvalue weighted by molar-refractivity contribution is 0.102. The second kappa shape index (κ2) is 6.68. The van der Waals surface area contributed by atoms with Crippen molar-refractivity contribution in [3.8, 4) is 17.2 Å². The summed E-state index contributed by atoms with van der Waals surface area (Å²) >= 11 is 0. The Morgan fingerprint density at radius 1 is 1.04 bits per heavy atom. The van der Waals surface area contributed by atoms with Crippen LogP contribution < -0.4 is 10.1 Å². The summed E-state index contributed by atoms with van der Waals surface area (Å²) in [7, 11) is 1.54. The number of fused-ring (bicyclic) bond motifs is 1. The molecule has 0 bridgehead atoms. The van der Waals surface area contributed by atoms with E-state index in [9.17, 15) is 4.79 Å². The summed E-state index contributed by atoms with van der Waals surface area (Å²) in [6, 6.07) is 18.0. The van der Waals surface area contributed by atoms with Crippen LogP contribution in [0.25, 0.3) is 22.7 Å². The smallest absolute Gasteiger partial charge is 0.259 e. The molecule has 6 heteroatoms. The van der Waals surface area contributed by atoms with E-state index in [4.69, 9.17) is 9.15 Å². The number of nitrogens with one attached hydrogen (secondary N) is 1. The zero-order chi connectivity index (χ0) is 17.9. The molecule has 4 rings (SSSR count). The quantitative estimate of drug-likeness (QED) is 0.601. The Bertz CT molecular complexity index is 1040. The number of anilines is 1. The highest BCUT2D eigenvalue weighted by molar-refractivity contribution is 6.06. The molecule has 0 radical (unpaired) electrons. The molecule has 0 fully saturated rings. The van der Waals surface area contributed by atoms with Crippen molar-refractivity contribution >= 4 is 22.8 Å². The predicted molar refractivity (Wildman–Crippen MR) is 98.2 cm³/mol. The van der Waals surface area contributed by atoms with Gasteiger partial charge < -0.3 is 14.5 Å². The lowest BCUT2D eigenvalue weighted by atomic mass is 10.1. The lowest BCUT2D eigenvalue weighted by Gasteiger charge is -2.09. The van der Waals surface area contributed by atoms with Crippen molar-refractivity contribution < 1.29 is 13.9 Å². The van der Waals surface area contributed by atoms with Crippen LogP contribution in [0, 0.1) is 0 Å². The van der Waals surface area contributed by atoms with Crippen LogP contribution in [0.1, 0.15) is 10.4 Å². The zero-order valence-corrected chi connectivity index (χ0v) is 14.0. The van der Waals surface area contributed by atoms with E-state index in [0.717, 1.165) is 5.56 Å². The number of pyridine rings is 1. The fourth-order valence-electron chi connectivity index (χ4n) is 2.62. The molecule has 0 unspecified atom stereocenters. The maximum absolute atomic E-state index is 12.4. The first-order valence-electron chi connectivity index (χ1n) is 8.01. The third-order valence-corrected chi connectivity index (χ3v) is 3.91. The molecule has 0 aliphatic rings. The molecule has 2 aromatic carbocycles. The van der Waals surface area contributed by atoms with Gasteiger partial charge in [0, 0.05) is 17.4 Å². The van der Waals surface area contributed by atoms with Gasteiger partial charge in [-0.1, -0.05) is 12.1 Å². The molecule has 2 heterocycles. The molecular formula is C20H15N3O3. The second-order valence-corrected chi connectivity index (χ2v) is 5.58. The Balaban J connectivity index is 1.55. The van der Waals surface area contributed by atoms with Crippen LogP contribution in [-0.4, -0.2) is 23.0 Å². The summed E-state index contributed by atoms with van der Waals surface area (Å²) in [5, 5.41) is 2.86. The summed E-state index contributed by atoms with van der Waals surface area (Å²) in [6.07, 6.45) is 1.67. The molecule has 0 aliphatic carbocycles. The van der Waals surface area contributed by atoms with Gasteiger partial charge in [0.15, 0.2) is 11.2 Å². The van der Waals surface area contributed by atoms with Crippen LogP contribution in [0.2, 0.25) is 0 Å². The fraction of sp³-hybridized carbons (Fsp3) is 0.0500. The predicted octanol–water partition coefficient (Wildman–Crippen LogP) is 4.15. The van der Waals surface area contributed by atoms with E-state index in [1.165, 1.54) is 7.11 Å². The number of carbonyl (C=O) groups is 1. The van der Waals surface area contributed by atoms with Gasteiger partial charge in [-0.2, -0.15) is 4.98 Å². The maximum Gasteiger partial charge on any atom is 0.259 e. The Labute approximate surface area is 149 Å². The van der Waals surface area contributed by atoms with Crippen molar-refractivity contribution in [2.75, 3.05) is 12.4 Å². The first-order chi connectivity index (χ1) is 12.7. The minimum Gasteiger partial charge on any atom is -0.496 e. The third-order valence-electron chi connectivity index (χ3n) is 3.91. The molecule has 0 saturated carbocycles. The molecule has 0 saturated heterocycles. The molecule has 0 spiro atoms. The Morgan fingerprint density at radius 3 is 2.62 bits per heavy atom. The largest absolute Gasteiger partial charge is 0.496 e. The molecule has 128 valence electrons. The van der Waals surface area contributed by atoms with Crippen molar-refractivity contribution in [1.82, 2.24) is 9.97 Å². The third kappa shape index (κ3) is 3.00. The van der Waals surface area contributed by atoms with Crippen LogP contribution in [0.4, 0.5) is 5.69 Å². The van der Waals surface area contributed by atoms with Crippen molar-refractivity contribution in [3.05, 3.63) is 72.4 Å². The average molecular weight is 345 g/mol. The van der Waals surface area contributed by atoms with Crippen LogP contribution in [0.15, 0.2) is 71.3 Å². The summed E-state index contributed by atoms with van der Waals surface area (Å²) in [6.45, 7) is 0. The van der Waals surface area contributed by atoms with Crippen molar-refractivity contribution in [3.63, 3.8) is 0 Å². The van der Waals surface area contributed by atoms with Crippen molar-refractivity contribution in [2.24, 2.45) is 0 Å². The van der Waals surface area contributed by atoms with Gasteiger partial charge in [0.05, 0.1) is 12.7 Å². The van der Waals surface area contributed by atoms with Gasteiger partial charge >= 0.3 is 0 Å². The number of aromatic nitrogens is 2. The van der Waals surface area contributed by atoms with Crippen LogP contribution in [0.5, 0.6) is 5.75 Å². The average Bonchev–Trinajstić information content (AvgIpc) is 3.12. The fourth-order valence-corrected chi connectivity index (χ4v) is 2.62. The van der Waals surface area contributed by atoms with Gasteiger partial charge in [0.2, 0.25) is 5.89 Å². The normalized spacial score (nSPS) is 10.7. The number of nitrogens with zero attached hydrogens (tertiary/aromatic N) is 2. The molecule has 6 nitrogen and oxygen atoms in total. The van der Waals surface area contributed by atoms with Crippen LogP contribution in [0.3, 0.4) is 0 Å². The van der Waals surface area contributed by atoms with Gasteiger partial charge in [-0.3, -0.25) is 4.79 Å². The highest BCUT2D eigenvalue weighted by atomic mass is 16.5. The number of para-hydroxylation sites is 1. The molecule has 0 atom stereocenters. The topological polar surface area (TPSA) is 77.2 Å². The van der Waals surface area contributed by atoms with E-state index in [1.807, 2.05) is 24.3 Å². The molecule has 0 aliphatic heterocycles. The van der Waals surface area contributed by atoms with E-state index in [2.05, 4.69) is 15.3 Å². The van der Waals surface area contributed by atoms with Gasteiger partial charge in [0.25, 0.3) is 5.91 Å². The van der Waals surface area contributed by atoms with Crippen molar-refractivity contribution in [2.45, 2.75) is 0 Å². The number of oxazole rings is 1. The van der Waals surface area contributed by atoms with Gasteiger partial charge in [-0.15, -0.1) is 0 Å². The summed E-state index contributed by atoms with van der Waals surface area (Å²) in [5.74, 6) is 0.781. The first kappa shape index (κ1) is 15.8. The number of ether oxygens (including phenoxy) is 1. The van der Waals surface area contributed by atoms with Gasteiger partial charge in [0.1, 0.15) is 5.75 Å². The summed E-state index contributed by atoms with van der Waals surface area (Å²) in [5.41, 5.74) is 3.15. The highest BCUT2D eigenvalue weighted by Gasteiger charge is 2.12. The Morgan fingerprint density at radius 2 is 1.85 bits per heavy atom. The van der Waals surface area contributed by atoms with Crippen LogP contribution >= 0.6 is 0 Å². The first-order valence-corrected chi connectivity index (χ1v) is 8.01. The molecule has 1 N–H and O–H groups in total. The van der Waals surface area contributed by atoms with Crippen LogP contribution in [-0.2, 0) is 0 Å². The van der Waals surface area contributed by atoms with Gasteiger partial charge in [-0.25, -0.2) is 4.98 Å². The standard InChI is InChI=1S/C20H15N3O3/c1-25-16-6-3-2-5-15(16)19(24)22-14-10-8-13(9-11-14)20-23-18-17(26-20)7-4-12-21-18/h2-12H,1H3,(H,22,24). The number of rotatable bonds is 4. The number of benzene rings is 2. The maximum atomic E-state index is 12.4. The molecule has 2 aromatic heterocycles. The van der Waals surface area contributed by atoms with Gasteiger partial charge in [-0.05, 0) is 48.5 Å². The van der Waals surface area contributed by atoms with Crippen molar-refractivity contribution in [1.29, 1.82) is 0 Å². The minimum atomic E-state index is -0.235. The molecule has 1 amide bonds. The molecule has 4 aromatic rings. The Kier molecular flexibility index (Phi) is 4.07. The highest BCUT2D eigenvalue weighted by Crippen LogP contribution is 2.25. The van der Waals surface area contributed by atoms with E-state index in [-0.39, 0.29) is 5.91 Å². The summed E-state index contributed by atoms with van der Waals surface area (Å²) < 4.78 is 10.9.